The third kappa shape index (κ3) is 6.99. The minimum Gasteiger partial charge on any atom is -0.509 e. The Hall–Kier alpha value is -4.01. The first-order chi connectivity index (χ1) is 16.9. The van der Waals surface area contributed by atoms with Gasteiger partial charge in [0, 0.05) is 12.1 Å². The number of methoxy groups -OCH3 is 1. The van der Waals surface area contributed by atoms with Gasteiger partial charge in [-0.2, -0.15) is 0 Å². The molecule has 0 radical (unpaired) electrons. The van der Waals surface area contributed by atoms with E-state index in [4.69, 9.17) is 14.6 Å². The first-order valence-corrected chi connectivity index (χ1v) is 11.5. The van der Waals surface area contributed by atoms with Crippen LogP contribution in [0.4, 0.5) is 11.4 Å². The predicted octanol–water partition coefficient (Wildman–Crippen LogP) is 4.30. The lowest BCUT2D eigenvalue weighted by atomic mass is 10.1. The number of aliphatic carboxylic acids is 1. The summed E-state index contributed by atoms with van der Waals surface area (Å²) in [6.07, 6.45) is 4.60. The Balaban J connectivity index is 1.47. The van der Waals surface area contributed by atoms with Gasteiger partial charge in [-0.15, -0.1) is 0 Å². The zero-order chi connectivity index (χ0) is 25.2. The van der Waals surface area contributed by atoms with Gasteiger partial charge in [-0.05, 0) is 49.2 Å². The van der Waals surface area contributed by atoms with Crippen molar-refractivity contribution in [2.24, 2.45) is 0 Å². The quantitative estimate of drug-likeness (QED) is 0.287. The lowest BCUT2D eigenvalue weighted by Gasteiger charge is -2.19. The number of hydrogen-bond donors (Lipinski definition) is 3. The van der Waals surface area contributed by atoms with E-state index in [1.54, 1.807) is 48.5 Å². The molecule has 0 spiro atoms. The molecule has 186 valence electrons. The van der Waals surface area contributed by atoms with Gasteiger partial charge in [0.2, 0.25) is 0 Å². The summed E-state index contributed by atoms with van der Waals surface area (Å²) in [5.41, 5.74) is 0.625. The summed E-state index contributed by atoms with van der Waals surface area (Å²) in [4.78, 5) is 37.4. The average molecular weight is 483 g/mol. The zero-order valence-electron chi connectivity index (χ0n) is 19.7. The van der Waals surface area contributed by atoms with Crippen LogP contribution < -0.4 is 19.7 Å². The van der Waals surface area contributed by atoms with E-state index < -0.39 is 17.8 Å². The van der Waals surface area contributed by atoms with E-state index in [1.807, 2.05) is 0 Å². The monoisotopic (exact) mass is 482 g/mol. The molecular weight excluding hydrogens is 452 g/mol. The number of aliphatic hydroxyl groups excluding tert-OH is 1. The number of aliphatic hydroxyl groups is 1. The third-order valence-corrected chi connectivity index (χ3v) is 5.57. The molecule has 1 heterocycles. The number of para-hydroxylation sites is 2. The summed E-state index contributed by atoms with van der Waals surface area (Å²) < 4.78 is 11.0. The molecule has 35 heavy (non-hydrogen) atoms. The smallest absolute Gasteiger partial charge is 0.303 e. The molecule has 0 bridgehead atoms. The molecule has 0 saturated heterocycles. The molecule has 1 aliphatic rings. The van der Waals surface area contributed by atoms with Gasteiger partial charge in [0.15, 0.2) is 0 Å². The number of amides is 2. The maximum Gasteiger partial charge on any atom is 0.303 e. The number of hydrogen-bond acceptors (Lipinski definition) is 6. The summed E-state index contributed by atoms with van der Waals surface area (Å²) in [5.74, 6) is -1.25. The summed E-state index contributed by atoms with van der Waals surface area (Å²) in [6.45, 7) is 0.424. The molecule has 3 N–H and O–H groups in total. The molecule has 2 amide bonds. The fraction of sp³-hybridized carbons (Fsp3) is 0.346. The molecule has 2 aromatic carbocycles. The largest absolute Gasteiger partial charge is 0.509 e. The number of carbonyl (C=O) groups is 3. The van der Waals surface area contributed by atoms with Gasteiger partial charge < -0.3 is 25.0 Å². The van der Waals surface area contributed by atoms with Crippen LogP contribution in [0.1, 0.15) is 38.5 Å². The minimum atomic E-state index is -0.758. The Kier molecular flexibility index (Phi) is 9.11. The highest BCUT2D eigenvalue weighted by Gasteiger charge is 2.37. The van der Waals surface area contributed by atoms with Crippen LogP contribution in [0.15, 0.2) is 59.9 Å². The Bertz CT molecular complexity index is 1080. The van der Waals surface area contributed by atoms with Crippen LogP contribution in [0.3, 0.4) is 0 Å². The van der Waals surface area contributed by atoms with Crippen LogP contribution in [0.5, 0.6) is 11.5 Å². The molecule has 0 unspecified atom stereocenters. The van der Waals surface area contributed by atoms with Crippen molar-refractivity contribution in [1.29, 1.82) is 0 Å². The topological polar surface area (TPSA) is 125 Å². The Labute approximate surface area is 204 Å². The van der Waals surface area contributed by atoms with Gasteiger partial charge in [0.1, 0.15) is 22.8 Å². The maximum atomic E-state index is 12.9. The Morgan fingerprint density at radius 3 is 2.40 bits per heavy atom. The van der Waals surface area contributed by atoms with Crippen LogP contribution in [-0.4, -0.2) is 48.3 Å². The van der Waals surface area contributed by atoms with E-state index in [9.17, 15) is 19.5 Å². The minimum absolute atomic E-state index is 0.117. The number of anilines is 2. The number of carboxylic acid groups (broad SMARTS) is 1. The summed E-state index contributed by atoms with van der Waals surface area (Å²) in [7, 11) is 1.48. The molecule has 0 aliphatic carbocycles. The lowest BCUT2D eigenvalue weighted by Crippen LogP contribution is -2.30. The van der Waals surface area contributed by atoms with E-state index in [0.29, 0.717) is 35.9 Å². The van der Waals surface area contributed by atoms with Gasteiger partial charge in [-0.25, -0.2) is 0 Å². The van der Waals surface area contributed by atoms with Crippen LogP contribution in [0, 0.1) is 0 Å². The first kappa shape index (κ1) is 25.6. The number of nitrogens with zero attached hydrogens (tertiary/aromatic N) is 1. The number of nitrogens with one attached hydrogen (secondary N) is 1. The number of carboxylic acids is 1. The van der Waals surface area contributed by atoms with Crippen LogP contribution in [0.2, 0.25) is 0 Å². The maximum absolute atomic E-state index is 12.9. The second kappa shape index (κ2) is 12.5. The first-order valence-electron chi connectivity index (χ1n) is 11.5. The SMILES string of the molecule is COc1ccccc1N1CC(O)=C(C(=O)Nc2ccc(OCCCCCCCC(=O)O)cc2)C1=O. The van der Waals surface area contributed by atoms with Crippen LogP contribution >= 0.6 is 0 Å². The molecule has 3 rings (SSSR count). The molecule has 0 atom stereocenters. The van der Waals surface area contributed by atoms with Crippen molar-refractivity contribution in [1.82, 2.24) is 0 Å². The van der Waals surface area contributed by atoms with Crippen molar-refractivity contribution >= 4 is 29.2 Å². The van der Waals surface area contributed by atoms with Crippen molar-refractivity contribution < 1.29 is 34.1 Å². The highest BCUT2D eigenvalue weighted by atomic mass is 16.5. The lowest BCUT2D eigenvalue weighted by molar-refractivity contribution is -0.137. The van der Waals surface area contributed by atoms with Gasteiger partial charge in [0.05, 0.1) is 25.9 Å². The summed E-state index contributed by atoms with van der Waals surface area (Å²) in [6, 6.07) is 13.6. The second-order valence-electron chi connectivity index (χ2n) is 8.12. The van der Waals surface area contributed by atoms with Gasteiger partial charge >= 0.3 is 5.97 Å². The van der Waals surface area contributed by atoms with Gasteiger partial charge in [-0.3, -0.25) is 19.3 Å². The summed E-state index contributed by atoms with van der Waals surface area (Å²) >= 11 is 0. The van der Waals surface area contributed by atoms with Crippen molar-refractivity contribution in [2.45, 2.75) is 38.5 Å². The molecule has 1 aliphatic heterocycles. The molecule has 2 aromatic rings. The third-order valence-electron chi connectivity index (χ3n) is 5.57. The molecule has 0 fully saturated rings. The normalized spacial score (nSPS) is 13.2. The molecule has 9 heteroatoms. The van der Waals surface area contributed by atoms with Gasteiger partial charge in [-0.1, -0.05) is 31.4 Å². The van der Waals surface area contributed by atoms with E-state index >= 15 is 0 Å². The number of carbonyl (C=O) groups excluding carboxylic acids is 2. The van der Waals surface area contributed by atoms with Crippen molar-refractivity contribution in [2.75, 3.05) is 30.5 Å². The van der Waals surface area contributed by atoms with Crippen molar-refractivity contribution in [3.05, 3.63) is 59.9 Å². The molecule has 0 aromatic heterocycles. The standard InChI is InChI=1S/C26H30N2O7/c1-34-22-10-7-6-9-20(22)28-17-21(29)24(26(28)33)25(32)27-18-12-14-19(15-13-18)35-16-8-4-2-3-5-11-23(30)31/h6-7,9-10,12-15,29H,2-5,8,11,16-17H2,1H3,(H,27,32)(H,30,31). The van der Waals surface area contributed by atoms with E-state index in [-0.39, 0.29) is 24.3 Å². The fourth-order valence-electron chi connectivity index (χ4n) is 3.76. The predicted molar refractivity (Wildman–Crippen MR) is 131 cm³/mol. The Morgan fingerprint density at radius 2 is 1.69 bits per heavy atom. The zero-order valence-corrected chi connectivity index (χ0v) is 19.7. The van der Waals surface area contributed by atoms with E-state index in [2.05, 4.69) is 5.32 Å². The fourth-order valence-corrected chi connectivity index (χ4v) is 3.76. The van der Waals surface area contributed by atoms with Crippen molar-refractivity contribution in [3.63, 3.8) is 0 Å². The number of ether oxygens (including phenoxy) is 2. The van der Waals surface area contributed by atoms with Crippen LogP contribution in [-0.2, 0) is 14.4 Å². The van der Waals surface area contributed by atoms with E-state index in [0.717, 1.165) is 25.7 Å². The Morgan fingerprint density at radius 1 is 1.00 bits per heavy atom. The highest BCUT2D eigenvalue weighted by Crippen LogP contribution is 2.33. The summed E-state index contributed by atoms with van der Waals surface area (Å²) in [5, 5.41) is 21.6. The van der Waals surface area contributed by atoms with Gasteiger partial charge in [0.25, 0.3) is 11.8 Å². The molecular formula is C26H30N2O7. The number of unbranched alkanes of at least 4 members (excludes halogenated alkanes) is 4. The van der Waals surface area contributed by atoms with Crippen molar-refractivity contribution in [3.8, 4) is 11.5 Å². The number of rotatable bonds is 13. The highest BCUT2D eigenvalue weighted by molar-refractivity contribution is 6.29. The average Bonchev–Trinajstić information content (AvgIpc) is 3.15. The molecule has 0 saturated carbocycles. The van der Waals surface area contributed by atoms with E-state index in [1.165, 1.54) is 12.0 Å². The number of benzene rings is 2. The second-order valence-corrected chi connectivity index (χ2v) is 8.12. The molecule has 9 nitrogen and oxygen atoms in total. The van der Waals surface area contributed by atoms with Crippen LogP contribution in [0.25, 0.3) is 0 Å².